The van der Waals surface area contributed by atoms with Crippen molar-refractivity contribution in [2.75, 3.05) is 31.6 Å². The lowest BCUT2D eigenvalue weighted by Crippen LogP contribution is -2.54. The predicted molar refractivity (Wildman–Crippen MR) is 188 cm³/mol. The third kappa shape index (κ3) is 11.7. The number of benzene rings is 2. The van der Waals surface area contributed by atoms with Gasteiger partial charge in [-0.15, -0.1) is 0 Å². The number of carboxylic acid groups (broad SMARTS) is 1. The first-order valence-electron chi connectivity index (χ1n) is 16.0. The summed E-state index contributed by atoms with van der Waals surface area (Å²) in [6.07, 6.45) is 1.51. The van der Waals surface area contributed by atoms with E-state index < -0.39 is 84.5 Å². The quantitative estimate of drug-likeness (QED) is 0.112. The first kappa shape index (κ1) is 40.8. The minimum absolute atomic E-state index is 0.0160. The van der Waals surface area contributed by atoms with Crippen LogP contribution in [0.4, 0.5) is 8.78 Å². The van der Waals surface area contributed by atoms with Gasteiger partial charge in [-0.25, -0.2) is 13.6 Å². The van der Waals surface area contributed by atoms with Gasteiger partial charge in [-0.05, 0) is 41.7 Å². The minimum Gasteiger partial charge on any atom is -0.480 e. The van der Waals surface area contributed by atoms with Gasteiger partial charge in [-0.2, -0.15) is 0 Å². The minimum atomic E-state index is -1.56. The van der Waals surface area contributed by atoms with E-state index in [2.05, 4.69) is 31.9 Å². The maximum atomic E-state index is 15.0. The van der Waals surface area contributed by atoms with Crippen LogP contribution in [0.5, 0.6) is 0 Å². The zero-order valence-corrected chi connectivity index (χ0v) is 30.1. The highest BCUT2D eigenvalue weighted by atomic mass is 79.9. The number of aromatic nitrogens is 1. The number of aliphatic hydroxyl groups excluding tert-OH is 1. The number of halogens is 3. The fourth-order valence-corrected chi connectivity index (χ4v) is 5.69. The Hall–Kier alpha value is -4.67. The number of nitrogens with two attached hydrogens (primary N) is 1. The Kier molecular flexibility index (Phi) is 14.8. The number of nitrogens with one attached hydrogen (secondary N) is 3. The third-order valence-electron chi connectivity index (χ3n) is 7.94. The maximum absolute atomic E-state index is 15.0. The number of hydrogen-bond acceptors (Lipinski definition) is 7. The molecule has 0 bridgehead atoms. The van der Waals surface area contributed by atoms with Crippen LogP contribution in [0.1, 0.15) is 44.5 Å². The van der Waals surface area contributed by atoms with Crippen molar-refractivity contribution < 1.29 is 43.0 Å². The molecule has 3 aromatic rings. The summed E-state index contributed by atoms with van der Waals surface area (Å²) in [6, 6.07) is 10.5. The molecular formula is C35H43BrF2N6O7. The molecule has 2 aromatic carbocycles. The second kappa shape index (κ2) is 18.5. The Morgan fingerprint density at radius 3 is 2.29 bits per heavy atom. The van der Waals surface area contributed by atoms with Gasteiger partial charge < -0.3 is 41.4 Å². The number of carbonyl (C=O) groups is 5. The predicted octanol–water partition coefficient (Wildman–Crippen LogP) is 2.30. The van der Waals surface area contributed by atoms with Crippen LogP contribution in [-0.4, -0.2) is 92.9 Å². The summed E-state index contributed by atoms with van der Waals surface area (Å²) < 4.78 is 31.1. The highest BCUT2D eigenvalue weighted by molar-refractivity contribution is 9.09. The van der Waals surface area contributed by atoms with Crippen LogP contribution < -0.4 is 21.7 Å². The second-order valence-corrected chi connectivity index (χ2v) is 13.5. The van der Waals surface area contributed by atoms with E-state index in [-0.39, 0.29) is 23.9 Å². The van der Waals surface area contributed by atoms with Crippen LogP contribution in [-0.2, 0) is 30.5 Å². The molecule has 0 spiro atoms. The number of aliphatic hydroxyl groups is 1. The number of carbonyl (C=O) groups excluding carboxylic acids is 4. The highest BCUT2D eigenvalue weighted by Gasteiger charge is 2.37. The second-order valence-electron chi connectivity index (χ2n) is 12.9. The monoisotopic (exact) mass is 776 g/mol. The van der Waals surface area contributed by atoms with Gasteiger partial charge >= 0.3 is 5.97 Å². The summed E-state index contributed by atoms with van der Waals surface area (Å²) in [5.41, 5.74) is 7.26. The lowest BCUT2D eigenvalue weighted by atomic mass is 9.82. The van der Waals surface area contributed by atoms with E-state index in [9.17, 15) is 43.0 Å². The summed E-state index contributed by atoms with van der Waals surface area (Å²) in [7, 11) is 0. The Balaban J connectivity index is 1.90. The zero-order chi connectivity index (χ0) is 37.9. The van der Waals surface area contributed by atoms with Crippen LogP contribution >= 0.6 is 15.9 Å². The molecule has 51 heavy (non-hydrogen) atoms. The fourth-order valence-electron chi connectivity index (χ4n) is 5.49. The molecular weight excluding hydrogens is 734 g/mol. The highest BCUT2D eigenvalue weighted by Crippen LogP contribution is 2.41. The molecule has 0 saturated heterocycles. The van der Waals surface area contributed by atoms with Crippen LogP contribution in [0.3, 0.4) is 0 Å². The average molecular weight is 778 g/mol. The molecule has 1 unspecified atom stereocenters. The molecule has 1 aromatic heterocycles. The van der Waals surface area contributed by atoms with Crippen molar-refractivity contribution in [2.24, 2.45) is 11.1 Å². The topological polar surface area (TPSA) is 196 Å². The standard InChI is InChI=1S/C35H43BrF2N6O7/c1-35(2,3)32(28-13-22(24-14-23(37)9-10-25(24)38)19-43(28)18-21-7-5-4-6-8-21)44(31(48)20-45)12-11-26(39)33(49)42-27(34(50)51)16-40-30(47)17-41-29(46)15-36/h4-10,13-14,19,26-27,32,45H,11-12,15-18,20,39H2,1-3H3,(H,40,47)(H,41,46)(H,42,49)(H,50,51)/t26-,27?,32-/m0/s1. The van der Waals surface area contributed by atoms with Gasteiger partial charge in [0.15, 0.2) is 0 Å². The molecule has 3 atom stereocenters. The number of alkyl halides is 1. The fraction of sp³-hybridized carbons (Fsp3) is 0.400. The van der Waals surface area contributed by atoms with Gasteiger partial charge in [0.2, 0.25) is 23.6 Å². The Bertz CT molecular complexity index is 1700. The largest absolute Gasteiger partial charge is 0.480 e. The van der Waals surface area contributed by atoms with Gasteiger partial charge in [0.1, 0.15) is 24.3 Å². The van der Waals surface area contributed by atoms with E-state index in [1.165, 1.54) is 4.90 Å². The summed E-state index contributed by atoms with van der Waals surface area (Å²) in [4.78, 5) is 63.0. The van der Waals surface area contributed by atoms with E-state index in [1.54, 1.807) is 12.3 Å². The molecule has 1 heterocycles. The van der Waals surface area contributed by atoms with Gasteiger partial charge in [0.25, 0.3) is 0 Å². The maximum Gasteiger partial charge on any atom is 0.328 e. The van der Waals surface area contributed by atoms with E-state index in [0.717, 1.165) is 23.8 Å². The molecule has 7 N–H and O–H groups in total. The number of nitrogens with zero attached hydrogens (tertiary/aromatic N) is 2. The van der Waals surface area contributed by atoms with Gasteiger partial charge in [-0.3, -0.25) is 19.2 Å². The van der Waals surface area contributed by atoms with E-state index in [0.29, 0.717) is 17.8 Å². The normalized spacial score (nSPS) is 13.1. The molecule has 0 aliphatic rings. The number of hydrogen-bond donors (Lipinski definition) is 6. The third-order valence-corrected chi connectivity index (χ3v) is 8.45. The molecule has 276 valence electrons. The molecule has 0 radical (unpaired) electrons. The molecule has 3 rings (SSSR count). The van der Waals surface area contributed by atoms with Gasteiger partial charge in [0, 0.05) is 42.7 Å². The van der Waals surface area contributed by atoms with Crippen LogP contribution in [0.15, 0.2) is 60.8 Å². The first-order chi connectivity index (χ1) is 24.0. The van der Waals surface area contributed by atoms with E-state index in [4.69, 9.17) is 5.73 Å². The molecule has 16 heteroatoms. The van der Waals surface area contributed by atoms with Crippen molar-refractivity contribution in [2.45, 2.75) is 51.9 Å². The molecule has 13 nitrogen and oxygen atoms in total. The first-order valence-corrected chi connectivity index (χ1v) is 17.2. The zero-order valence-electron chi connectivity index (χ0n) is 28.5. The molecule has 4 amide bonds. The van der Waals surface area contributed by atoms with Crippen molar-refractivity contribution in [3.8, 4) is 11.1 Å². The smallest absolute Gasteiger partial charge is 0.328 e. The molecule has 0 aliphatic heterocycles. The lowest BCUT2D eigenvalue weighted by Gasteiger charge is -2.41. The van der Waals surface area contributed by atoms with Gasteiger partial charge in [-0.1, -0.05) is 67.0 Å². The molecule has 0 aliphatic carbocycles. The van der Waals surface area contributed by atoms with Gasteiger partial charge in [0.05, 0.1) is 24.0 Å². The number of carboxylic acids is 1. The van der Waals surface area contributed by atoms with Crippen LogP contribution in [0, 0.1) is 17.0 Å². The number of rotatable bonds is 17. The lowest BCUT2D eigenvalue weighted by molar-refractivity contribution is -0.142. The van der Waals surface area contributed by atoms with Crippen LogP contribution in [0.25, 0.3) is 11.1 Å². The Morgan fingerprint density at radius 2 is 1.69 bits per heavy atom. The summed E-state index contributed by atoms with van der Waals surface area (Å²) in [6.45, 7) is 3.96. The SMILES string of the molecule is CC(C)(C)[C@H](c1cc(-c2cc(F)ccc2F)cn1Cc1ccccc1)N(CC[C@H](N)C(=O)NC(CNC(=O)CNC(=O)CBr)C(=O)O)C(=O)CO. The summed E-state index contributed by atoms with van der Waals surface area (Å²) in [5.74, 6) is -5.42. The van der Waals surface area contributed by atoms with E-state index in [1.807, 2.05) is 55.7 Å². The van der Waals surface area contributed by atoms with E-state index >= 15 is 0 Å². The van der Waals surface area contributed by atoms with Crippen molar-refractivity contribution in [3.63, 3.8) is 0 Å². The number of amides is 4. The summed E-state index contributed by atoms with van der Waals surface area (Å²) >= 11 is 2.94. The molecule has 0 saturated carbocycles. The Morgan fingerprint density at radius 1 is 1.00 bits per heavy atom. The van der Waals surface area contributed by atoms with Crippen LogP contribution in [0.2, 0.25) is 0 Å². The Labute approximate surface area is 302 Å². The van der Waals surface area contributed by atoms with Crippen molar-refractivity contribution >= 4 is 45.5 Å². The average Bonchev–Trinajstić information content (AvgIpc) is 3.49. The van der Waals surface area contributed by atoms with Crippen molar-refractivity contribution in [3.05, 3.63) is 83.7 Å². The van der Waals surface area contributed by atoms with Crippen molar-refractivity contribution in [1.82, 2.24) is 25.4 Å². The summed E-state index contributed by atoms with van der Waals surface area (Å²) in [5, 5.41) is 26.5. The number of aliphatic carboxylic acids is 1. The molecule has 0 fully saturated rings. The van der Waals surface area contributed by atoms with Crippen molar-refractivity contribution in [1.29, 1.82) is 0 Å².